The molecule has 0 unspecified atom stereocenters. The minimum atomic E-state index is -3.64. The molecular weight excluding hydrogens is 480 g/mol. The van der Waals surface area contributed by atoms with Gasteiger partial charge < -0.3 is 9.84 Å². The summed E-state index contributed by atoms with van der Waals surface area (Å²) in [6, 6.07) is 15.7. The van der Waals surface area contributed by atoms with Crippen molar-refractivity contribution >= 4 is 21.9 Å². The molecule has 1 saturated heterocycles. The highest BCUT2D eigenvalue weighted by molar-refractivity contribution is 7.89. The van der Waals surface area contributed by atoms with Crippen LogP contribution in [0, 0.1) is 25.2 Å². The Morgan fingerprint density at radius 1 is 1.14 bits per heavy atom. The lowest BCUT2D eigenvalue weighted by Crippen LogP contribution is -2.40. The number of hydrogen-bond donors (Lipinski definition) is 1. The monoisotopic (exact) mass is 506 g/mol. The van der Waals surface area contributed by atoms with Crippen LogP contribution < -0.4 is 5.56 Å². The van der Waals surface area contributed by atoms with Crippen molar-refractivity contribution in [1.82, 2.24) is 8.87 Å². The molecule has 1 N–H and O–H groups in total. The third-order valence-corrected chi connectivity index (χ3v) is 8.03. The van der Waals surface area contributed by atoms with Crippen LogP contribution in [-0.4, -0.2) is 54.9 Å². The molecule has 4 rings (SSSR count). The molecular formula is C26H26N4O5S. The Hall–Kier alpha value is -3.78. The van der Waals surface area contributed by atoms with Gasteiger partial charge in [0.1, 0.15) is 11.6 Å². The Morgan fingerprint density at radius 3 is 2.47 bits per heavy atom. The molecule has 0 aliphatic carbocycles. The molecule has 186 valence electrons. The van der Waals surface area contributed by atoms with E-state index in [1.54, 1.807) is 26.0 Å². The van der Waals surface area contributed by atoms with Gasteiger partial charge in [0.25, 0.3) is 5.56 Å². The minimum absolute atomic E-state index is 0.0751. The Bertz CT molecular complexity index is 1520. The minimum Gasteiger partial charge on any atom is -0.494 e. The van der Waals surface area contributed by atoms with E-state index in [-0.39, 0.29) is 28.4 Å². The fraction of sp³-hybridized carbons (Fsp3) is 0.269. The summed E-state index contributed by atoms with van der Waals surface area (Å²) in [7, 11) is -3.64. The van der Waals surface area contributed by atoms with Crippen LogP contribution in [0.3, 0.4) is 0 Å². The first-order chi connectivity index (χ1) is 17.2. The molecule has 1 aromatic heterocycles. The number of aliphatic imine (C=N–C) groups is 1. The van der Waals surface area contributed by atoms with Crippen LogP contribution in [0.1, 0.15) is 27.8 Å². The van der Waals surface area contributed by atoms with E-state index in [9.17, 15) is 23.6 Å². The summed E-state index contributed by atoms with van der Waals surface area (Å²) in [6.07, 6.45) is 1.39. The second kappa shape index (κ2) is 10.5. The molecule has 1 aliphatic heterocycles. The number of ether oxygens (including phenoxy) is 1. The Balaban J connectivity index is 1.70. The zero-order valence-electron chi connectivity index (χ0n) is 20.0. The van der Waals surface area contributed by atoms with Gasteiger partial charge in [-0.15, -0.1) is 0 Å². The highest BCUT2D eigenvalue weighted by Crippen LogP contribution is 2.26. The number of rotatable bonds is 6. The van der Waals surface area contributed by atoms with Crippen molar-refractivity contribution in [1.29, 1.82) is 5.26 Å². The summed E-state index contributed by atoms with van der Waals surface area (Å²) < 4.78 is 33.7. The molecule has 0 amide bonds. The fourth-order valence-electron chi connectivity index (χ4n) is 4.04. The van der Waals surface area contributed by atoms with Crippen LogP contribution in [0.2, 0.25) is 0 Å². The number of aromatic nitrogens is 1. The molecule has 0 bridgehead atoms. The molecule has 2 heterocycles. The predicted molar refractivity (Wildman–Crippen MR) is 135 cm³/mol. The highest BCUT2D eigenvalue weighted by Gasteiger charge is 2.26. The third kappa shape index (κ3) is 4.95. The van der Waals surface area contributed by atoms with Gasteiger partial charge in [-0.3, -0.25) is 14.4 Å². The summed E-state index contributed by atoms with van der Waals surface area (Å²) in [6.45, 7) is 4.75. The van der Waals surface area contributed by atoms with Crippen LogP contribution in [0.15, 0.2) is 63.2 Å². The number of nitriles is 1. The number of aromatic hydroxyl groups is 1. The van der Waals surface area contributed by atoms with E-state index < -0.39 is 15.6 Å². The van der Waals surface area contributed by atoms with Crippen molar-refractivity contribution in [3.8, 4) is 11.9 Å². The first kappa shape index (κ1) is 25.3. The van der Waals surface area contributed by atoms with Gasteiger partial charge >= 0.3 is 0 Å². The summed E-state index contributed by atoms with van der Waals surface area (Å²) in [5, 5.41) is 20.5. The van der Waals surface area contributed by atoms with Gasteiger partial charge in [-0.25, -0.2) is 8.42 Å². The number of morpholine rings is 1. The summed E-state index contributed by atoms with van der Waals surface area (Å²) in [5.41, 5.74) is 1.81. The number of hydrogen-bond acceptors (Lipinski definition) is 7. The van der Waals surface area contributed by atoms with Crippen LogP contribution in [0.5, 0.6) is 5.88 Å². The average molecular weight is 507 g/mol. The van der Waals surface area contributed by atoms with E-state index in [0.717, 1.165) is 10.1 Å². The van der Waals surface area contributed by atoms with Gasteiger partial charge in [0.2, 0.25) is 15.9 Å². The quantitative estimate of drug-likeness (QED) is 0.513. The summed E-state index contributed by atoms with van der Waals surface area (Å²) in [5.74, 6) is -0.298. The van der Waals surface area contributed by atoms with E-state index in [1.807, 2.05) is 36.4 Å². The molecule has 9 nitrogen and oxygen atoms in total. The molecule has 1 fully saturated rings. The number of pyridine rings is 1. The molecule has 36 heavy (non-hydrogen) atoms. The molecule has 0 atom stereocenters. The number of benzene rings is 2. The van der Waals surface area contributed by atoms with E-state index >= 15 is 0 Å². The van der Waals surface area contributed by atoms with Crippen LogP contribution in [0.4, 0.5) is 5.69 Å². The van der Waals surface area contributed by atoms with Gasteiger partial charge in [0, 0.05) is 19.3 Å². The largest absolute Gasteiger partial charge is 0.494 e. The van der Waals surface area contributed by atoms with E-state index in [4.69, 9.17) is 4.74 Å². The van der Waals surface area contributed by atoms with E-state index in [2.05, 4.69) is 4.99 Å². The second-order valence-electron chi connectivity index (χ2n) is 8.45. The maximum atomic E-state index is 12.9. The van der Waals surface area contributed by atoms with E-state index in [1.165, 1.54) is 16.6 Å². The van der Waals surface area contributed by atoms with Gasteiger partial charge in [0.05, 0.1) is 35.9 Å². The fourth-order valence-corrected chi connectivity index (χ4v) is 5.54. The second-order valence-corrected chi connectivity index (χ2v) is 10.4. The van der Waals surface area contributed by atoms with Gasteiger partial charge in [-0.05, 0) is 48.7 Å². The number of sulfonamides is 1. The van der Waals surface area contributed by atoms with Crippen molar-refractivity contribution in [2.24, 2.45) is 4.99 Å². The Labute approximate surface area is 209 Å². The van der Waals surface area contributed by atoms with Crippen molar-refractivity contribution in [3.05, 3.63) is 86.7 Å². The Kier molecular flexibility index (Phi) is 7.35. The summed E-state index contributed by atoms with van der Waals surface area (Å²) >= 11 is 0. The van der Waals surface area contributed by atoms with Crippen LogP contribution >= 0.6 is 0 Å². The molecule has 3 aromatic rings. The van der Waals surface area contributed by atoms with Gasteiger partial charge in [-0.2, -0.15) is 9.57 Å². The summed E-state index contributed by atoms with van der Waals surface area (Å²) in [4.78, 5) is 17.5. The molecule has 0 radical (unpaired) electrons. The van der Waals surface area contributed by atoms with Gasteiger partial charge in [-0.1, -0.05) is 30.3 Å². The third-order valence-electron chi connectivity index (χ3n) is 6.14. The zero-order chi connectivity index (χ0) is 25.9. The first-order valence-electron chi connectivity index (χ1n) is 11.4. The number of aryl methyl sites for hydroxylation is 1. The Morgan fingerprint density at radius 2 is 1.83 bits per heavy atom. The standard InChI is InChI=1S/C26H26N4O5S/c1-18-14-21(36(33,34)29-10-12-35-13-11-29)8-9-24(18)28-16-23-19(2)22(15-27)25(31)30(26(23)32)17-20-6-4-3-5-7-20/h3-9,14,16,32H,10-13,17H2,1-2H3. The first-order valence-corrected chi connectivity index (χ1v) is 12.8. The lowest BCUT2D eigenvalue weighted by Gasteiger charge is -2.26. The average Bonchev–Trinajstić information content (AvgIpc) is 2.88. The van der Waals surface area contributed by atoms with Gasteiger partial charge in [0.15, 0.2) is 0 Å². The normalized spacial score (nSPS) is 14.7. The van der Waals surface area contributed by atoms with Crippen molar-refractivity contribution in [2.45, 2.75) is 25.3 Å². The lowest BCUT2D eigenvalue weighted by molar-refractivity contribution is 0.0730. The smallest absolute Gasteiger partial charge is 0.271 e. The molecule has 0 saturated carbocycles. The highest BCUT2D eigenvalue weighted by atomic mass is 32.2. The maximum absolute atomic E-state index is 12.9. The van der Waals surface area contributed by atoms with E-state index in [0.29, 0.717) is 43.1 Å². The maximum Gasteiger partial charge on any atom is 0.271 e. The van der Waals surface area contributed by atoms with Crippen LogP contribution in [-0.2, 0) is 21.3 Å². The predicted octanol–water partition coefficient (Wildman–Crippen LogP) is 2.86. The molecule has 10 heteroatoms. The molecule has 2 aromatic carbocycles. The van der Waals surface area contributed by atoms with Crippen molar-refractivity contribution in [2.75, 3.05) is 26.3 Å². The zero-order valence-corrected chi connectivity index (χ0v) is 20.8. The SMILES string of the molecule is Cc1cc(S(=O)(=O)N2CCOCC2)ccc1N=Cc1c(C)c(C#N)c(=O)n(Cc2ccccc2)c1O. The van der Waals surface area contributed by atoms with Crippen LogP contribution in [0.25, 0.3) is 0 Å². The van der Waals surface area contributed by atoms with Crippen molar-refractivity contribution < 1.29 is 18.3 Å². The topological polar surface area (TPSA) is 125 Å². The number of nitrogens with zero attached hydrogens (tertiary/aromatic N) is 4. The molecule has 0 spiro atoms. The van der Waals surface area contributed by atoms with Crippen molar-refractivity contribution in [3.63, 3.8) is 0 Å². The molecule has 1 aliphatic rings. The lowest BCUT2D eigenvalue weighted by atomic mass is 10.1.